The van der Waals surface area contributed by atoms with Crippen molar-refractivity contribution < 1.29 is 23.9 Å². The van der Waals surface area contributed by atoms with E-state index in [0.717, 1.165) is 5.56 Å². The minimum absolute atomic E-state index is 0.289. The Morgan fingerprint density at radius 3 is 2.40 bits per heavy atom. The van der Waals surface area contributed by atoms with Gasteiger partial charge < -0.3 is 20.1 Å². The molecule has 2 aromatic rings. The lowest BCUT2D eigenvalue weighted by atomic mass is 10.1. The van der Waals surface area contributed by atoms with E-state index in [0.29, 0.717) is 17.0 Å². The Bertz CT molecular complexity index is 771. The van der Waals surface area contributed by atoms with Crippen LogP contribution in [0.3, 0.4) is 0 Å². The van der Waals surface area contributed by atoms with Crippen LogP contribution >= 0.6 is 0 Å². The van der Waals surface area contributed by atoms with Gasteiger partial charge in [0, 0.05) is 25.2 Å². The topological polar surface area (TPSA) is 93.7 Å². The zero-order chi connectivity index (χ0) is 18.2. The zero-order valence-corrected chi connectivity index (χ0v) is 13.9. The third-order valence-corrected chi connectivity index (χ3v) is 3.18. The van der Waals surface area contributed by atoms with Crippen molar-refractivity contribution in [2.24, 2.45) is 0 Å². The van der Waals surface area contributed by atoms with Gasteiger partial charge in [-0.05, 0) is 29.8 Å². The number of esters is 2. The van der Waals surface area contributed by atoms with E-state index >= 15 is 0 Å². The Morgan fingerprint density at radius 1 is 1.04 bits per heavy atom. The van der Waals surface area contributed by atoms with Crippen LogP contribution in [0.15, 0.2) is 48.5 Å². The third kappa shape index (κ3) is 5.65. The second kappa shape index (κ2) is 8.49. The molecule has 7 nitrogen and oxygen atoms in total. The number of urea groups is 1. The number of nitrogens with one attached hydrogen (secondary N) is 2. The van der Waals surface area contributed by atoms with Crippen LogP contribution in [-0.2, 0) is 16.1 Å². The molecule has 0 spiro atoms. The standard InChI is InChI=1S/C18H18N2O5/c1-12(21)25-16-5-3-4-15(10-16)20-18(23)19-11-13-6-8-14(9-7-13)17(22)24-2/h3-10H,11H2,1-2H3,(H2,19,20,23). The Morgan fingerprint density at radius 2 is 1.76 bits per heavy atom. The lowest BCUT2D eigenvalue weighted by Crippen LogP contribution is -2.28. The van der Waals surface area contributed by atoms with Gasteiger partial charge in [-0.1, -0.05) is 18.2 Å². The van der Waals surface area contributed by atoms with Crippen molar-refractivity contribution in [3.63, 3.8) is 0 Å². The number of rotatable bonds is 5. The van der Waals surface area contributed by atoms with E-state index in [-0.39, 0.29) is 6.54 Å². The molecule has 0 saturated heterocycles. The second-order valence-electron chi connectivity index (χ2n) is 5.12. The lowest BCUT2D eigenvalue weighted by Gasteiger charge is -2.09. The van der Waals surface area contributed by atoms with Gasteiger partial charge in [0.05, 0.1) is 12.7 Å². The van der Waals surface area contributed by atoms with Crippen LogP contribution in [-0.4, -0.2) is 25.1 Å². The summed E-state index contributed by atoms with van der Waals surface area (Å²) < 4.78 is 9.58. The molecule has 25 heavy (non-hydrogen) atoms. The average Bonchev–Trinajstić information content (AvgIpc) is 2.59. The average molecular weight is 342 g/mol. The van der Waals surface area contributed by atoms with Gasteiger partial charge in [0.1, 0.15) is 5.75 Å². The van der Waals surface area contributed by atoms with Gasteiger partial charge in [0.2, 0.25) is 0 Å². The highest BCUT2D eigenvalue weighted by Gasteiger charge is 2.06. The summed E-state index contributed by atoms with van der Waals surface area (Å²) in [6, 6.07) is 12.8. The minimum Gasteiger partial charge on any atom is -0.465 e. The molecule has 0 fully saturated rings. The summed E-state index contributed by atoms with van der Waals surface area (Å²) in [4.78, 5) is 34.2. The van der Waals surface area contributed by atoms with E-state index in [1.165, 1.54) is 14.0 Å². The number of ether oxygens (including phenoxy) is 2. The molecule has 0 aliphatic carbocycles. The molecule has 0 aromatic heterocycles. The van der Waals surface area contributed by atoms with Crippen molar-refractivity contribution in [3.05, 3.63) is 59.7 Å². The smallest absolute Gasteiger partial charge is 0.337 e. The molecule has 0 atom stereocenters. The first-order valence-corrected chi connectivity index (χ1v) is 7.48. The number of carbonyl (C=O) groups is 3. The first kappa shape index (κ1) is 18.0. The molecular weight excluding hydrogens is 324 g/mol. The highest BCUT2D eigenvalue weighted by Crippen LogP contribution is 2.17. The van der Waals surface area contributed by atoms with Gasteiger partial charge in [-0.15, -0.1) is 0 Å². The number of benzene rings is 2. The molecule has 0 heterocycles. The summed E-state index contributed by atoms with van der Waals surface area (Å²) in [6.45, 7) is 1.59. The largest absolute Gasteiger partial charge is 0.465 e. The number of carbonyl (C=O) groups excluding carboxylic acids is 3. The highest BCUT2D eigenvalue weighted by atomic mass is 16.5. The summed E-state index contributed by atoms with van der Waals surface area (Å²) in [5, 5.41) is 5.35. The normalized spacial score (nSPS) is 9.84. The molecule has 0 aliphatic rings. The summed E-state index contributed by atoms with van der Waals surface area (Å²) in [6.07, 6.45) is 0. The number of amides is 2. The van der Waals surface area contributed by atoms with Gasteiger partial charge in [-0.25, -0.2) is 9.59 Å². The maximum absolute atomic E-state index is 11.9. The van der Waals surface area contributed by atoms with Crippen molar-refractivity contribution in [3.8, 4) is 5.75 Å². The van der Waals surface area contributed by atoms with Crippen molar-refractivity contribution in [2.45, 2.75) is 13.5 Å². The van der Waals surface area contributed by atoms with Crippen molar-refractivity contribution in [1.29, 1.82) is 0 Å². The Hall–Kier alpha value is -3.35. The van der Waals surface area contributed by atoms with E-state index in [1.54, 1.807) is 48.5 Å². The third-order valence-electron chi connectivity index (χ3n) is 3.18. The molecule has 2 rings (SSSR count). The van der Waals surface area contributed by atoms with Gasteiger partial charge in [-0.3, -0.25) is 4.79 Å². The number of anilines is 1. The van der Waals surface area contributed by atoms with E-state index in [4.69, 9.17) is 4.74 Å². The number of hydrogen-bond acceptors (Lipinski definition) is 5. The molecule has 2 aromatic carbocycles. The first-order valence-electron chi connectivity index (χ1n) is 7.48. The van der Waals surface area contributed by atoms with Crippen LogP contribution in [0.2, 0.25) is 0 Å². The fraction of sp³-hybridized carbons (Fsp3) is 0.167. The maximum atomic E-state index is 11.9. The molecule has 0 unspecified atom stereocenters. The van der Waals surface area contributed by atoms with Crippen LogP contribution in [0.25, 0.3) is 0 Å². The van der Waals surface area contributed by atoms with E-state index in [2.05, 4.69) is 15.4 Å². The monoisotopic (exact) mass is 342 g/mol. The molecular formula is C18H18N2O5. The molecule has 2 N–H and O–H groups in total. The Kier molecular flexibility index (Phi) is 6.11. The van der Waals surface area contributed by atoms with Gasteiger partial charge >= 0.3 is 18.0 Å². The van der Waals surface area contributed by atoms with E-state index in [9.17, 15) is 14.4 Å². The van der Waals surface area contributed by atoms with E-state index in [1.807, 2.05) is 0 Å². The predicted octanol–water partition coefficient (Wildman–Crippen LogP) is 2.72. The Labute approximate surface area is 144 Å². The molecule has 130 valence electrons. The number of hydrogen-bond donors (Lipinski definition) is 2. The summed E-state index contributed by atoms with van der Waals surface area (Å²) in [5.74, 6) is -0.495. The maximum Gasteiger partial charge on any atom is 0.337 e. The van der Waals surface area contributed by atoms with Gasteiger partial charge in [0.15, 0.2) is 0 Å². The van der Waals surface area contributed by atoms with Gasteiger partial charge in [-0.2, -0.15) is 0 Å². The Balaban J connectivity index is 1.88. The quantitative estimate of drug-likeness (QED) is 0.644. The first-order chi connectivity index (χ1) is 12.0. The zero-order valence-electron chi connectivity index (χ0n) is 13.9. The predicted molar refractivity (Wildman–Crippen MR) is 91.4 cm³/mol. The second-order valence-corrected chi connectivity index (χ2v) is 5.12. The van der Waals surface area contributed by atoms with Crippen LogP contribution in [0.1, 0.15) is 22.8 Å². The van der Waals surface area contributed by atoms with Crippen molar-refractivity contribution in [2.75, 3.05) is 12.4 Å². The van der Waals surface area contributed by atoms with Crippen LogP contribution in [0, 0.1) is 0 Å². The SMILES string of the molecule is COC(=O)c1ccc(CNC(=O)Nc2cccc(OC(C)=O)c2)cc1. The molecule has 0 bridgehead atoms. The van der Waals surface area contributed by atoms with E-state index < -0.39 is 18.0 Å². The summed E-state index contributed by atoms with van der Waals surface area (Å²) >= 11 is 0. The molecule has 0 radical (unpaired) electrons. The van der Waals surface area contributed by atoms with Gasteiger partial charge in [0.25, 0.3) is 0 Å². The summed E-state index contributed by atoms with van der Waals surface area (Å²) in [7, 11) is 1.32. The number of methoxy groups -OCH3 is 1. The van der Waals surface area contributed by atoms with Crippen molar-refractivity contribution in [1.82, 2.24) is 5.32 Å². The summed E-state index contributed by atoms with van der Waals surface area (Å²) in [5.41, 5.74) is 1.77. The molecule has 7 heteroatoms. The minimum atomic E-state index is -0.433. The van der Waals surface area contributed by atoms with Crippen LogP contribution < -0.4 is 15.4 Å². The lowest BCUT2D eigenvalue weighted by molar-refractivity contribution is -0.131. The highest BCUT2D eigenvalue weighted by molar-refractivity contribution is 5.90. The van der Waals surface area contributed by atoms with Crippen LogP contribution in [0.4, 0.5) is 10.5 Å². The molecule has 0 saturated carbocycles. The van der Waals surface area contributed by atoms with Crippen molar-refractivity contribution >= 4 is 23.7 Å². The van der Waals surface area contributed by atoms with Crippen LogP contribution in [0.5, 0.6) is 5.75 Å². The molecule has 0 aliphatic heterocycles. The fourth-order valence-electron chi connectivity index (χ4n) is 2.04. The fourth-order valence-corrected chi connectivity index (χ4v) is 2.04. The molecule has 2 amide bonds.